The Kier molecular flexibility index (Phi) is 3.46. The first-order valence-electron chi connectivity index (χ1n) is 4.47. The van der Waals surface area contributed by atoms with Crippen LogP contribution in [0.15, 0.2) is 0 Å². The molecule has 0 bridgehead atoms. The number of rotatable bonds is 6. The second kappa shape index (κ2) is 4.24. The van der Waals surface area contributed by atoms with Gasteiger partial charge in [0.25, 0.3) is 10.2 Å². The lowest BCUT2D eigenvalue weighted by atomic mass is 10.2. The van der Waals surface area contributed by atoms with Crippen molar-refractivity contribution in [3.63, 3.8) is 0 Å². The van der Waals surface area contributed by atoms with Crippen molar-refractivity contribution in [2.75, 3.05) is 0 Å². The number of aliphatic carboxylic acids is 1. The molecule has 0 saturated heterocycles. The molecule has 0 amide bonds. The van der Waals surface area contributed by atoms with E-state index < -0.39 is 22.2 Å². The molecule has 7 heteroatoms. The first-order valence-corrected chi connectivity index (χ1v) is 5.95. The molecule has 3 N–H and O–H groups in total. The molecule has 14 heavy (non-hydrogen) atoms. The largest absolute Gasteiger partial charge is 0.480 e. The predicted octanol–water partition coefficient (Wildman–Crippen LogP) is -0.564. The summed E-state index contributed by atoms with van der Waals surface area (Å²) in [6, 6.07) is -1.06. The van der Waals surface area contributed by atoms with Crippen molar-refractivity contribution in [3.05, 3.63) is 0 Å². The van der Waals surface area contributed by atoms with E-state index in [1.165, 1.54) is 0 Å². The van der Waals surface area contributed by atoms with E-state index in [0.29, 0.717) is 0 Å². The average Bonchev–Trinajstić information content (AvgIpc) is 2.82. The maximum Gasteiger partial charge on any atom is 0.321 e. The molecular weight excluding hydrogens is 208 g/mol. The lowest BCUT2D eigenvalue weighted by molar-refractivity contribution is -0.139. The van der Waals surface area contributed by atoms with Crippen LogP contribution in [-0.4, -0.2) is 31.6 Å². The molecule has 0 spiro atoms. The predicted molar refractivity (Wildman–Crippen MR) is 49.9 cm³/mol. The van der Waals surface area contributed by atoms with Gasteiger partial charge in [-0.3, -0.25) is 4.79 Å². The van der Waals surface area contributed by atoms with Crippen LogP contribution in [0.3, 0.4) is 0 Å². The SMILES string of the molecule is CC[C@H](NS(=O)(=O)NC1CC1)C(=O)O. The molecule has 0 aliphatic heterocycles. The van der Waals surface area contributed by atoms with Gasteiger partial charge in [-0.15, -0.1) is 0 Å². The fraction of sp³-hybridized carbons (Fsp3) is 0.857. The Labute approximate surface area is 82.9 Å². The van der Waals surface area contributed by atoms with Gasteiger partial charge in [-0.05, 0) is 19.3 Å². The van der Waals surface area contributed by atoms with Crippen LogP contribution in [0, 0.1) is 0 Å². The summed E-state index contributed by atoms with van der Waals surface area (Å²) in [5.41, 5.74) is 0. The van der Waals surface area contributed by atoms with Gasteiger partial charge in [0, 0.05) is 6.04 Å². The third-order valence-corrected chi connectivity index (χ3v) is 3.14. The highest BCUT2D eigenvalue weighted by atomic mass is 32.2. The van der Waals surface area contributed by atoms with Crippen molar-refractivity contribution in [2.45, 2.75) is 38.3 Å². The molecule has 0 heterocycles. The van der Waals surface area contributed by atoms with Crippen LogP contribution in [0.1, 0.15) is 26.2 Å². The first-order chi connectivity index (χ1) is 6.44. The van der Waals surface area contributed by atoms with E-state index in [1.54, 1.807) is 6.92 Å². The van der Waals surface area contributed by atoms with Gasteiger partial charge in [0.2, 0.25) is 0 Å². The molecule has 1 aliphatic carbocycles. The van der Waals surface area contributed by atoms with Crippen LogP contribution < -0.4 is 9.44 Å². The van der Waals surface area contributed by atoms with Crippen LogP contribution in [-0.2, 0) is 15.0 Å². The smallest absolute Gasteiger partial charge is 0.321 e. The summed E-state index contributed by atoms with van der Waals surface area (Å²) >= 11 is 0. The first kappa shape index (κ1) is 11.4. The van der Waals surface area contributed by atoms with Crippen molar-refractivity contribution >= 4 is 16.2 Å². The zero-order valence-electron chi connectivity index (χ0n) is 7.86. The number of hydrogen-bond acceptors (Lipinski definition) is 3. The molecular formula is C7H14N2O4S. The van der Waals surface area contributed by atoms with Crippen molar-refractivity contribution in [2.24, 2.45) is 0 Å². The highest BCUT2D eigenvalue weighted by molar-refractivity contribution is 7.87. The van der Waals surface area contributed by atoms with Gasteiger partial charge in [0.1, 0.15) is 6.04 Å². The average molecular weight is 222 g/mol. The van der Waals surface area contributed by atoms with Gasteiger partial charge in [-0.25, -0.2) is 0 Å². The van der Waals surface area contributed by atoms with E-state index in [9.17, 15) is 13.2 Å². The standard InChI is InChI=1S/C7H14N2O4S/c1-2-6(7(10)11)9-14(12,13)8-5-3-4-5/h5-6,8-9H,2-4H2,1H3,(H,10,11)/t6-/m0/s1. The Morgan fingerprint density at radius 2 is 2.14 bits per heavy atom. The van der Waals surface area contributed by atoms with Crippen LogP contribution in [0.2, 0.25) is 0 Å². The Bertz CT molecular complexity index is 310. The van der Waals surface area contributed by atoms with Gasteiger partial charge in [-0.1, -0.05) is 6.92 Å². The van der Waals surface area contributed by atoms with E-state index in [0.717, 1.165) is 12.8 Å². The third kappa shape index (κ3) is 3.60. The van der Waals surface area contributed by atoms with E-state index in [-0.39, 0.29) is 12.5 Å². The van der Waals surface area contributed by atoms with Crippen LogP contribution >= 0.6 is 0 Å². The highest BCUT2D eigenvalue weighted by Gasteiger charge is 2.29. The summed E-state index contributed by atoms with van der Waals surface area (Å²) in [4.78, 5) is 10.6. The summed E-state index contributed by atoms with van der Waals surface area (Å²) in [5.74, 6) is -1.16. The molecule has 0 radical (unpaired) electrons. The van der Waals surface area contributed by atoms with Crippen LogP contribution in [0.4, 0.5) is 0 Å². The zero-order chi connectivity index (χ0) is 10.8. The third-order valence-electron chi connectivity index (χ3n) is 1.90. The number of carbonyl (C=O) groups is 1. The van der Waals surface area contributed by atoms with Crippen molar-refractivity contribution < 1.29 is 18.3 Å². The number of hydrogen-bond donors (Lipinski definition) is 3. The molecule has 1 atom stereocenters. The lowest BCUT2D eigenvalue weighted by Crippen LogP contribution is -2.46. The highest BCUT2D eigenvalue weighted by Crippen LogP contribution is 2.19. The van der Waals surface area contributed by atoms with E-state index in [4.69, 9.17) is 5.11 Å². The van der Waals surface area contributed by atoms with Gasteiger partial charge in [0.15, 0.2) is 0 Å². The molecule has 6 nitrogen and oxygen atoms in total. The molecule has 82 valence electrons. The molecule has 1 rings (SSSR count). The summed E-state index contributed by atoms with van der Waals surface area (Å²) in [7, 11) is -3.66. The molecule has 0 aromatic heterocycles. The maximum absolute atomic E-state index is 11.3. The van der Waals surface area contributed by atoms with Crippen molar-refractivity contribution in [1.82, 2.24) is 9.44 Å². The van der Waals surface area contributed by atoms with Gasteiger partial charge in [-0.2, -0.15) is 17.9 Å². The Balaban J connectivity index is 2.50. The molecule has 1 fully saturated rings. The molecule has 0 unspecified atom stereocenters. The number of carboxylic acids is 1. The van der Waals surface area contributed by atoms with Crippen molar-refractivity contribution in [1.29, 1.82) is 0 Å². The molecule has 1 aliphatic rings. The summed E-state index contributed by atoms with van der Waals surface area (Å²) < 4.78 is 27.0. The topological polar surface area (TPSA) is 95.5 Å². The fourth-order valence-electron chi connectivity index (χ4n) is 0.950. The van der Waals surface area contributed by atoms with E-state index in [1.807, 2.05) is 0 Å². The van der Waals surface area contributed by atoms with Crippen LogP contribution in [0.25, 0.3) is 0 Å². The maximum atomic E-state index is 11.3. The summed E-state index contributed by atoms with van der Waals surface area (Å²) in [6.07, 6.45) is 1.87. The summed E-state index contributed by atoms with van der Waals surface area (Å²) in [6.45, 7) is 1.61. The van der Waals surface area contributed by atoms with Crippen LogP contribution in [0.5, 0.6) is 0 Å². The minimum atomic E-state index is -3.66. The Morgan fingerprint density at radius 3 is 2.50 bits per heavy atom. The monoisotopic (exact) mass is 222 g/mol. The van der Waals surface area contributed by atoms with Gasteiger partial charge in [0.05, 0.1) is 0 Å². The lowest BCUT2D eigenvalue weighted by Gasteiger charge is -2.12. The second-order valence-electron chi connectivity index (χ2n) is 3.31. The van der Waals surface area contributed by atoms with Gasteiger partial charge >= 0.3 is 5.97 Å². The quantitative estimate of drug-likeness (QED) is 0.561. The van der Waals surface area contributed by atoms with E-state index >= 15 is 0 Å². The van der Waals surface area contributed by atoms with Gasteiger partial charge < -0.3 is 5.11 Å². The minimum Gasteiger partial charge on any atom is -0.480 e. The molecule has 0 aromatic rings. The molecule has 1 saturated carbocycles. The molecule has 0 aromatic carbocycles. The minimum absolute atomic E-state index is 0.0150. The summed E-state index contributed by atoms with van der Waals surface area (Å²) in [5, 5.41) is 8.63. The number of nitrogens with one attached hydrogen (secondary N) is 2. The number of carboxylic acid groups (broad SMARTS) is 1. The van der Waals surface area contributed by atoms with E-state index in [2.05, 4.69) is 9.44 Å². The second-order valence-corrected chi connectivity index (χ2v) is 4.79. The normalized spacial score (nSPS) is 19.2. The fourth-order valence-corrected chi connectivity index (χ4v) is 2.33. The Hall–Kier alpha value is -0.660. The Morgan fingerprint density at radius 1 is 1.57 bits per heavy atom. The zero-order valence-corrected chi connectivity index (χ0v) is 8.67. The van der Waals surface area contributed by atoms with Crippen molar-refractivity contribution in [3.8, 4) is 0 Å².